The molecule has 0 aromatic heterocycles. The Hall–Kier alpha value is -3.61. The van der Waals surface area contributed by atoms with Gasteiger partial charge in [0.25, 0.3) is 5.91 Å². The normalized spacial score (nSPS) is 15.3. The summed E-state index contributed by atoms with van der Waals surface area (Å²) in [5, 5.41) is 26.0. The number of anilines is 1. The van der Waals surface area contributed by atoms with Crippen molar-refractivity contribution in [3.05, 3.63) is 59.2 Å². The van der Waals surface area contributed by atoms with Crippen molar-refractivity contribution in [2.45, 2.75) is 6.92 Å². The fourth-order valence-electron chi connectivity index (χ4n) is 2.55. The summed E-state index contributed by atoms with van der Waals surface area (Å²) >= 11 is 0. The molecule has 0 aliphatic carbocycles. The number of nitrogens with zero attached hydrogens (tertiary/aromatic N) is 2. The zero-order valence-electron chi connectivity index (χ0n) is 14.1. The lowest BCUT2D eigenvalue weighted by Crippen LogP contribution is -2.21. The number of carboxylic acid groups (broad SMARTS) is 1. The zero-order valence-corrected chi connectivity index (χ0v) is 14.1. The molecule has 0 saturated heterocycles. The van der Waals surface area contributed by atoms with Crippen molar-refractivity contribution in [1.82, 2.24) is 0 Å². The van der Waals surface area contributed by atoms with Crippen LogP contribution in [0.3, 0.4) is 0 Å². The number of carboxylic acids is 1. The molecule has 1 amide bonds. The first kappa shape index (κ1) is 17.2. The van der Waals surface area contributed by atoms with E-state index in [9.17, 15) is 14.7 Å². The molecule has 0 unspecified atom stereocenters. The Balaban J connectivity index is 1.91. The van der Waals surface area contributed by atoms with Gasteiger partial charge in [0, 0.05) is 0 Å². The van der Waals surface area contributed by atoms with Crippen LogP contribution in [-0.2, 0) is 4.79 Å². The summed E-state index contributed by atoms with van der Waals surface area (Å²) in [6.07, 6.45) is 1.63. The fourth-order valence-corrected chi connectivity index (χ4v) is 2.55. The van der Waals surface area contributed by atoms with E-state index in [4.69, 9.17) is 9.84 Å². The number of rotatable bonds is 4. The Morgan fingerprint density at radius 3 is 2.54 bits per heavy atom. The predicted octanol–water partition coefficient (Wildman–Crippen LogP) is 2.27. The number of hydrogen-bond acceptors (Lipinski definition) is 5. The molecule has 1 heterocycles. The standard InChI is InChI=1S/C19H16N2O5/c1-11-15(9-12-3-8-16(22)17(10-12)26-2)18(23)21(20-11)14-6-4-13(5-7-14)19(24)25/h3-10,22H,1-2H3,(H,24,25)/p-1/b15-9+. The van der Waals surface area contributed by atoms with Gasteiger partial charge in [-0.2, -0.15) is 10.1 Å². The van der Waals surface area contributed by atoms with Crippen molar-refractivity contribution in [1.29, 1.82) is 0 Å². The van der Waals surface area contributed by atoms with Crippen LogP contribution in [0.5, 0.6) is 11.5 Å². The van der Waals surface area contributed by atoms with Crippen LogP contribution in [0.15, 0.2) is 53.1 Å². The molecule has 0 spiro atoms. The second kappa shape index (κ2) is 6.72. The number of hydrazone groups is 1. The largest absolute Gasteiger partial charge is 0.870 e. The molecular formula is C19H15N2O5-. The van der Waals surface area contributed by atoms with E-state index in [2.05, 4.69) is 5.10 Å². The number of carbonyl (C=O) groups excluding carboxylic acids is 1. The lowest BCUT2D eigenvalue weighted by molar-refractivity contribution is -0.270. The first-order valence-corrected chi connectivity index (χ1v) is 7.71. The summed E-state index contributed by atoms with van der Waals surface area (Å²) in [4.78, 5) is 23.6. The molecule has 0 bridgehead atoms. The van der Waals surface area contributed by atoms with Gasteiger partial charge in [-0.15, -0.1) is 0 Å². The Morgan fingerprint density at radius 2 is 1.92 bits per heavy atom. The highest BCUT2D eigenvalue weighted by Crippen LogP contribution is 2.28. The lowest BCUT2D eigenvalue weighted by Gasteiger charge is -2.13. The highest BCUT2D eigenvalue weighted by Gasteiger charge is 2.28. The van der Waals surface area contributed by atoms with Gasteiger partial charge < -0.3 is 14.9 Å². The molecule has 2 aromatic rings. The van der Waals surface area contributed by atoms with Crippen LogP contribution < -0.4 is 14.9 Å². The molecule has 0 atom stereocenters. The third-order valence-corrected chi connectivity index (χ3v) is 3.92. The quantitative estimate of drug-likeness (QED) is 0.851. The predicted molar refractivity (Wildman–Crippen MR) is 94.4 cm³/mol. The first-order chi connectivity index (χ1) is 12.4. The van der Waals surface area contributed by atoms with Gasteiger partial charge in [0.05, 0.1) is 29.6 Å². The van der Waals surface area contributed by atoms with E-state index in [-0.39, 0.29) is 23.0 Å². The van der Waals surface area contributed by atoms with Crippen LogP contribution in [0, 0.1) is 0 Å². The number of hydrogen-bond donors (Lipinski definition) is 1. The van der Waals surface area contributed by atoms with Crippen molar-refractivity contribution in [2.75, 3.05) is 12.1 Å². The van der Waals surface area contributed by atoms with Gasteiger partial charge in [-0.25, -0.2) is 4.79 Å². The maximum absolute atomic E-state index is 12.7. The molecule has 1 N–H and O–H groups in total. The van der Waals surface area contributed by atoms with Crippen LogP contribution >= 0.6 is 0 Å². The second-order valence-corrected chi connectivity index (χ2v) is 5.62. The van der Waals surface area contributed by atoms with E-state index >= 15 is 0 Å². The van der Waals surface area contributed by atoms with Gasteiger partial charge in [0.2, 0.25) is 0 Å². The van der Waals surface area contributed by atoms with Crippen molar-refractivity contribution >= 4 is 29.4 Å². The molecule has 2 aromatic carbocycles. The summed E-state index contributed by atoms with van der Waals surface area (Å²) in [6.45, 7) is 1.70. The summed E-state index contributed by atoms with van der Waals surface area (Å²) in [5.41, 5.74) is 2.13. The number of ether oxygens (including phenoxy) is 1. The molecule has 7 heteroatoms. The molecule has 26 heavy (non-hydrogen) atoms. The molecule has 0 radical (unpaired) electrons. The van der Waals surface area contributed by atoms with Gasteiger partial charge in [-0.3, -0.25) is 4.79 Å². The number of benzene rings is 2. The lowest BCUT2D eigenvalue weighted by atomic mass is 10.1. The summed E-state index contributed by atoms with van der Waals surface area (Å²) in [6, 6.07) is 10.4. The smallest absolute Gasteiger partial charge is 0.335 e. The third-order valence-electron chi connectivity index (χ3n) is 3.92. The Bertz CT molecular complexity index is 945. The molecule has 132 valence electrons. The Morgan fingerprint density at radius 1 is 1.23 bits per heavy atom. The minimum Gasteiger partial charge on any atom is -0.870 e. The first-order valence-electron chi connectivity index (χ1n) is 7.71. The van der Waals surface area contributed by atoms with Crippen LogP contribution in [0.2, 0.25) is 0 Å². The fraction of sp³-hybridized carbons (Fsp3) is 0.105. The van der Waals surface area contributed by atoms with Crippen LogP contribution in [0.4, 0.5) is 5.69 Å². The molecular weight excluding hydrogens is 336 g/mol. The van der Waals surface area contributed by atoms with Crippen molar-refractivity contribution in [3.8, 4) is 11.5 Å². The molecule has 0 fully saturated rings. The minimum atomic E-state index is -1.04. The Kier molecular flexibility index (Phi) is 4.45. The molecule has 7 nitrogen and oxygen atoms in total. The van der Waals surface area contributed by atoms with Gasteiger partial charge in [-0.1, -0.05) is 17.9 Å². The van der Waals surface area contributed by atoms with Crippen LogP contribution in [0.1, 0.15) is 22.8 Å². The molecule has 1 aliphatic heterocycles. The molecule has 0 saturated carbocycles. The van der Waals surface area contributed by atoms with E-state index in [0.717, 1.165) is 0 Å². The SMILES string of the molecule is COc1cc(/C=C2/C(=O)N(c3ccc(C(=O)O)cc3)N=C2C)ccc1[O-]. The monoisotopic (exact) mass is 351 g/mol. The number of amides is 1. The topological polar surface area (TPSA) is 102 Å². The highest BCUT2D eigenvalue weighted by molar-refractivity contribution is 6.32. The van der Waals surface area contributed by atoms with Crippen molar-refractivity contribution in [2.24, 2.45) is 5.10 Å². The summed E-state index contributed by atoms with van der Waals surface area (Å²) in [7, 11) is 1.41. The van der Waals surface area contributed by atoms with Crippen LogP contribution in [0.25, 0.3) is 6.08 Å². The zero-order chi connectivity index (χ0) is 18.8. The average Bonchev–Trinajstić information content (AvgIpc) is 2.91. The molecule has 1 aliphatic rings. The van der Waals surface area contributed by atoms with Crippen molar-refractivity contribution in [3.63, 3.8) is 0 Å². The van der Waals surface area contributed by atoms with E-state index in [1.165, 1.54) is 42.5 Å². The summed E-state index contributed by atoms with van der Waals surface area (Å²) < 4.78 is 5.01. The van der Waals surface area contributed by atoms with Crippen molar-refractivity contribution < 1.29 is 24.5 Å². The number of methoxy groups -OCH3 is 1. The molecule has 3 rings (SSSR count). The van der Waals surface area contributed by atoms with Gasteiger partial charge in [-0.05, 0) is 48.9 Å². The van der Waals surface area contributed by atoms with Gasteiger partial charge >= 0.3 is 5.97 Å². The van der Waals surface area contributed by atoms with Gasteiger partial charge in [0.1, 0.15) is 5.75 Å². The number of aromatic carboxylic acids is 1. The van der Waals surface area contributed by atoms with Gasteiger partial charge in [0.15, 0.2) is 0 Å². The van der Waals surface area contributed by atoms with E-state index < -0.39 is 5.97 Å². The maximum Gasteiger partial charge on any atom is 0.335 e. The number of carbonyl (C=O) groups is 2. The maximum atomic E-state index is 12.7. The summed E-state index contributed by atoms with van der Waals surface area (Å²) in [5.74, 6) is -1.42. The van der Waals surface area contributed by atoms with E-state index in [1.807, 2.05) is 0 Å². The van der Waals surface area contributed by atoms with E-state index in [0.29, 0.717) is 22.5 Å². The average molecular weight is 351 g/mol. The third kappa shape index (κ3) is 3.14. The van der Waals surface area contributed by atoms with Crippen LogP contribution in [-0.4, -0.2) is 29.8 Å². The highest BCUT2D eigenvalue weighted by atomic mass is 16.5. The minimum absolute atomic E-state index is 0.127. The van der Waals surface area contributed by atoms with E-state index in [1.54, 1.807) is 25.1 Å². The Labute approximate surface area is 149 Å². The second-order valence-electron chi connectivity index (χ2n) is 5.62.